The minimum absolute atomic E-state index is 0.0626. The average molecular weight is 496 g/mol. The van der Waals surface area contributed by atoms with Gasteiger partial charge in [-0.2, -0.15) is 23.2 Å². The molecule has 3 heterocycles. The molecule has 0 fully saturated rings. The van der Waals surface area contributed by atoms with Gasteiger partial charge in [-0.15, -0.1) is 0 Å². The fraction of sp³-hybridized carbons (Fsp3) is 0.200. The smallest absolute Gasteiger partial charge is 0.290 e. The summed E-state index contributed by atoms with van der Waals surface area (Å²) in [7, 11) is -4.60. The maximum Gasteiger partial charge on any atom is 0.404 e. The summed E-state index contributed by atoms with van der Waals surface area (Å²) in [6, 6.07) is 0.693. The highest BCUT2D eigenvalue weighted by Gasteiger charge is 2.39. The third-order valence-corrected chi connectivity index (χ3v) is 6.45. The number of hydrogen-bond donors (Lipinski definition) is 1. The van der Waals surface area contributed by atoms with Gasteiger partial charge in [-0.25, -0.2) is 32.2 Å². The van der Waals surface area contributed by atoms with Gasteiger partial charge in [0.05, 0.1) is 18.0 Å². The number of allylic oxidation sites excluding steroid dienone is 4. The van der Waals surface area contributed by atoms with E-state index in [-0.39, 0.29) is 28.1 Å². The van der Waals surface area contributed by atoms with Crippen molar-refractivity contribution in [3.8, 4) is 17.6 Å². The number of nitriles is 1. The summed E-state index contributed by atoms with van der Waals surface area (Å²) in [6.07, 6.45) is -0.0619. The second-order valence-electron chi connectivity index (χ2n) is 7.19. The van der Waals surface area contributed by atoms with E-state index < -0.39 is 39.1 Å². The third-order valence-electron chi connectivity index (χ3n) is 4.96. The van der Waals surface area contributed by atoms with Crippen molar-refractivity contribution in [1.29, 1.82) is 5.26 Å². The molecule has 0 amide bonds. The zero-order chi connectivity index (χ0) is 24.8. The number of nitrogens with one attached hydrogen (secondary N) is 1. The van der Waals surface area contributed by atoms with Gasteiger partial charge in [0.1, 0.15) is 28.3 Å². The second kappa shape index (κ2) is 8.26. The number of nitrogens with zero attached hydrogens (tertiary/aromatic N) is 5. The minimum Gasteiger partial charge on any atom is -0.290 e. The lowest BCUT2D eigenvalue weighted by Gasteiger charge is -2.17. The molecule has 1 aliphatic rings. The van der Waals surface area contributed by atoms with Crippen LogP contribution in [0.4, 0.5) is 22.0 Å². The number of fused-ring (bicyclic) bond motifs is 1. The Kier molecular flexibility index (Phi) is 5.70. The van der Waals surface area contributed by atoms with E-state index in [9.17, 15) is 35.6 Å². The molecule has 0 radical (unpaired) electrons. The standard InChI is InChI=1S/C20H13F5N6O2S/c1-10(20(23,24)25)30-34(32,33)13-8-27-18(28-9-13)16-15(6-26)14-5-11(17(21)22)7-29-19(14)31(16)12-3-2-4-12/h2-5,7-10,17,30H,1H3/t10-/m0/s1. The first kappa shape index (κ1) is 23.5. The first-order valence-corrected chi connectivity index (χ1v) is 10.9. The summed E-state index contributed by atoms with van der Waals surface area (Å²) in [6.45, 7) is 0.644. The lowest BCUT2D eigenvalue weighted by atomic mass is 10.1. The summed E-state index contributed by atoms with van der Waals surface area (Å²) in [5, 5.41) is 9.88. The van der Waals surface area contributed by atoms with E-state index in [4.69, 9.17) is 0 Å². The summed E-state index contributed by atoms with van der Waals surface area (Å²) in [5.41, 5.74) is 0.295. The summed E-state index contributed by atoms with van der Waals surface area (Å²) in [5.74, 6) is -0.155. The number of halogens is 5. The zero-order valence-electron chi connectivity index (χ0n) is 17.0. The molecule has 0 saturated heterocycles. The van der Waals surface area contributed by atoms with E-state index in [1.807, 2.05) is 6.07 Å². The number of aromatic nitrogens is 4. The largest absolute Gasteiger partial charge is 0.404 e. The van der Waals surface area contributed by atoms with E-state index >= 15 is 0 Å². The normalized spacial score (nSPS) is 14.7. The molecule has 14 heteroatoms. The Hall–Kier alpha value is -3.70. The fourth-order valence-electron chi connectivity index (χ4n) is 3.15. The molecule has 0 aromatic carbocycles. The molecule has 0 spiro atoms. The lowest BCUT2D eigenvalue weighted by molar-refractivity contribution is -0.147. The number of rotatable bonds is 6. The fourth-order valence-corrected chi connectivity index (χ4v) is 4.27. The van der Waals surface area contributed by atoms with Crippen LogP contribution in [0.5, 0.6) is 0 Å². The number of alkyl halides is 5. The Morgan fingerprint density at radius 1 is 1.15 bits per heavy atom. The summed E-state index contributed by atoms with van der Waals surface area (Å²) < 4.78 is 92.2. The van der Waals surface area contributed by atoms with Crippen molar-refractivity contribution in [3.63, 3.8) is 0 Å². The molecule has 8 nitrogen and oxygen atoms in total. The van der Waals surface area contributed by atoms with Crippen LogP contribution in [0.3, 0.4) is 0 Å². The molecule has 0 saturated carbocycles. The first-order chi connectivity index (χ1) is 15.9. The maximum atomic E-state index is 13.2. The van der Waals surface area contributed by atoms with Crippen molar-refractivity contribution in [2.45, 2.75) is 30.5 Å². The maximum absolute atomic E-state index is 13.2. The predicted molar refractivity (Wildman–Crippen MR) is 110 cm³/mol. The molecule has 3 aromatic heterocycles. The molecule has 34 heavy (non-hydrogen) atoms. The number of sulfonamides is 1. The quantitative estimate of drug-likeness (QED) is 0.517. The van der Waals surface area contributed by atoms with Crippen molar-refractivity contribution in [1.82, 2.24) is 24.2 Å². The first-order valence-electron chi connectivity index (χ1n) is 9.47. The average Bonchev–Trinajstić information content (AvgIpc) is 3.05. The van der Waals surface area contributed by atoms with E-state index in [2.05, 4.69) is 15.0 Å². The Labute approximate surface area is 189 Å². The topological polar surface area (TPSA) is 114 Å². The van der Waals surface area contributed by atoms with E-state index in [0.717, 1.165) is 24.7 Å². The van der Waals surface area contributed by atoms with Gasteiger partial charge in [-0.05, 0) is 25.1 Å². The molecule has 3 aromatic rings. The van der Waals surface area contributed by atoms with Crippen LogP contribution in [0.1, 0.15) is 24.5 Å². The lowest BCUT2D eigenvalue weighted by Crippen LogP contribution is -2.43. The van der Waals surface area contributed by atoms with Gasteiger partial charge < -0.3 is 0 Å². The molecule has 0 bridgehead atoms. The molecule has 1 atom stereocenters. The van der Waals surface area contributed by atoms with Crippen molar-refractivity contribution in [2.24, 2.45) is 0 Å². The highest BCUT2D eigenvalue weighted by molar-refractivity contribution is 7.89. The van der Waals surface area contributed by atoms with E-state index in [0.29, 0.717) is 12.6 Å². The number of hydrogen-bond acceptors (Lipinski definition) is 6. The van der Waals surface area contributed by atoms with E-state index in [1.165, 1.54) is 9.29 Å². The van der Waals surface area contributed by atoms with Gasteiger partial charge in [0, 0.05) is 22.8 Å². The molecular formula is C20H13F5N6O2S. The second-order valence-corrected chi connectivity index (χ2v) is 8.90. The van der Waals surface area contributed by atoms with Crippen LogP contribution >= 0.6 is 0 Å². The van der Waals surface area contributed by atoms with Crippen molar-refractivity contribution >= 4 is 26.8 Å². The van der Waals surface area contributed by atoms with Gasteiger partial charge in [-0.3, -0.25) is 4.57 Å². The van der Waals surface area contributed by atoms with Crippen LogP contribution in [-0.4, -0.2) is 40.2 Å². The molecule has 176 valence electrons. The third kappa shape index (κ3) is 4.03. The Morgan fingerprint density at radius 2 is 1.79 bits per heavy atom. The van der Waals surface area contributed by atoms with Crippen LogP contribution in [0.2, 0.25) is 0 Å². The van der Waals surface area contributed by atoms with Crippen LogP contribution < -0.4 is 4.72 Å². The Morgan fingerprint density at radius 3 is 2.29 bits per heavy atom. The van der Waals surface area contributed by atoms with Crippen molar-refractivity contribution in [2.75, 3.05) is 0 Å². The van der Waals surface area contributed by atoms with Crippen LogP contribution in [0.25, 0.3) is 28.2 Å². The van der Waals surface area contributed by atoms with Gasteiger partial charge >= 0.3 is 6.18 Å². The molecule has 0 aliphatic heterocycles. The zero-order valence-corrected chi connectivity index (χ0v) is 17.9. The van der Waals surface area contributed by atoms with Gasteiger partial charge in [0.15, 0.2) is 5.82 Å². The van der Waals surface area contributed by atoms with Crippen LogP contribution in [0.15, 0.2) is 47.8 Å². The minimum atomic E-state index is -4.80. The predicted octanol–water partition coefficient (Wildman–Crippen LogP) is 3.94. The molecule has 1 aliphatic carbocycles. The molecule has 4 rings (SSSR count). The summed E-state index contributed by atoms with van der Waals surface area (Å²) >= 11 is 0. The molecule has 0 unspecified atom stereocenters. The van der Waals surface area contributed by atoms with Crippen molar-refractivity contribution in [3.05, 3.63) is 54.0 Å². The van der Waals surface area contributed by atoms with Gasteiger partial charge in [0.2, 0.25) is 10.0 Å². The number of pyridine rings is 1. The molecule has 1 N–H and O–H groups in total. The highest BCUT2D eigenvalue weighted by atomic mass is 32.2. The van der Waals surface area contributed by atoms with Crippen LogP contribution in [0, 0.1) is 11.3 Å². The van der Waals surface area contributed by atoms with Crippen molar-refractivity contribution < 1.29 is 30.4 Å². The highest BCUT2D eigenvalue weighted by Crippen LogP contribution is 2.36. The van der Waals surface area contributed by atoms with Gasteiger partial charge in [-0.1, -0.05) is 6.08 Å². The van der Waals surface area contributed by atoms with Crippen LogP contribution in [-0.2, 0) is 10.0 Å². The SMILES string of the molecule is C[C@H](NS(=O)(=O)c1cnc(-c2c(C#N)c3cc(C(F)F)cnc3n2C2=CC=C2)nc1)C(F)(F)F. The summed E-state index contributed by atoms with van der Waals surface area (Å²) in [4.78, 5) is 11.3. The van der Waals surface area contributed by atoms with Gasteiger partial charge in [0.25, 0.3) is 6.43 Å². The monoisotopic (exact) mass is 496 g/mol. The Balaban J connectivity index is 1.83. The van der Waals surface area contributed by atoms with E-state index in [1.54, 1.807) is 18.2 Å². The molecular weight excluding hydrogens is 483 g/mol. The Bertz CT molecular complexity index is 1480.